The van der Waals surface area contributed by atoms with Gasteiger partial charge in [-0.3, -0.25) is 9.59 Å². The second-order valence-electron chi connectivity index (χ2n) is 4.31. The molecule has 0 saturated carbocycles. The van der Waals surface area contributed by atoms with Crippen LogP contribution >= 0.6 is 0 Å². The number of benzene rings is 1. The van der Waals surface area contributed by atoms with E-state index in [1.165, 1.54) is 6.20 Å². The number of amides is 1. The highest BCUT2D eigenvalue weighted by molar-refractivity contribution is 5.90. The molecule has 2 rings (SSSR count). The van der Waals surface area contributed by atoms with Crippen molar-refractivity contribution in [3.05, 3.63) is 58.5 Å². The highest BCUT2D eigenvalue weighted by Gasteiger charge is 2.05. The quantitative estimate of drug-likeness (QED) is 0.874. The number of hydrogen-bond acceptors (Lipinski definition) is 3. The van der Waals surface area contributed by atoms with Crippen molar-refractivity contribution in [3.8, 4) is 5.75 Å². The van der Waals surface area contributed by atoms with Crippen LogP contribution in [0.1, 0.15) is 12.0 Å². The lowest BCUT2D eigenvalue weighted by molar-refractivity contribution is -0.116. The van der Waals surface area contributed by atoms with Crippen LogP contribution in [0.2, 0.25) is 0 Å². The van der Waals surface area contributed by atoms with Crippen LogP contribution in [0.5, 0.6) is 5.75 Å². The number of aromatic nitrogens is 1. The van der Waals surface area contributed by atoms with Crippen molar-refractivity contribution in [1.82, 2.24) is 4.98 Å². The first-order valence-corrected chi connectivity index (χ1v) is 6.29. The van der Waals surface area contributed by atoms with E-state index in [2.05, 4.69) is 10.3 Å². The number of anilines is 1. The lowest BCUT2D eigenvalue weighted by Gasteiger charge is -2.05. The summed E-state index contributed by atoms with van der Waals surface area (Å²) in [6.45, 7) is 0. The van der Waals surface area contributed by atoms with Crippen molar-refractivity contribution >= 4 is 11.6 Å². The number of methoxy groups -OCH3 is 1. The molecule has 1 aromatic carbocycles. The molecule has 1 heterocycles. The number of hydrogen-bond donors (Lipinski definition) is 2. The summed E-state index contributed by atoms with van der Waals surface area (Å²) in [4.78, 5) is 25.7. The summed E-state index contributed by atoms with van der Waals surface area (Å²) in [5.74, 6) is 0.603. The topological polar surface area (TPSA) is 71.2 Å². The third-order valence-corrected chi connectivity index (χ3v) is 2.89. The fourth-order valence-electron chi connectivity index (χ4n) is 1.78. The van der Waals surface area contributed by atoms with E-state index < -0.39 is 0 Å². The summed E-state index contributed by atoms with van der Waals surface area (Å²) in [6.07, 6.45) is 2.45. The van der Waals surface area contributed by atoms with Crippen LogP contribution < -0.4 is 15.6 Å². The van der Waals surface area contributed by atoms with Crippen LogP contribution in [0.3, 0.4) is 0 Å². The van der Waals surface area contributed by atoms with Crippen molar-refractivity contribution in [3.63, 3.8) is 0 Å². The van der Waals surface area contributed by atoms with Gasteiger partial charge >= 0.3 is 0 Å². The van der Waals surface area contributed by atoms with Gasteiger partial charge in [0.25, 0.3) is 5.56 Å². The molecular weight excluding hydrogens is 256 g/mol. The van der Waals surface area contributed by atoms with E-state index in [0.717, 1.165) is 11.3 Å². The standard InChI is InChI=1S/C15H16N2O3/c1-20-12-7-4-11(5-8-12)6-9-14(18)17-13-3-2-10-16-15(13)19/h2-5,7-8,10H,6,9H2,1H3,(H,16,19)(H,17,18). The monoisotopic (exact) mass is 272 g/mol. The zero-order chi connectivity index (χ0) is 14.4. The Morgan fingerprint density at radius 3 is 2.65 bits per heavy atom. The van der Waals surface area contributed by atoms with E-state index in [0.29, 0.717) is 12.8 Å². The van der Waals surface area contributed by atoms with Crippen LogP contribution in [0, 0.1) is 0 Å². The highest BCUT2D eigenvalue weighted by atomic mass is 16.5. The molecule has 0 aliphatic rings. The maximum Gasteiger partial charge on any atom is 0.271 e. The Morgan fingerprint density at radius 1 is 1.25 bits per heavy atom. The first-order chi connectivity index (χ1) is 9.69. The SMILES string of the molecule is COc1ccc(CCC(=O)Nc2ccc[nH]c2=O)cc1. The molecule has 0 spiro atoms. The number of aryl methyl sites for hydroxylation is 1. The van der Waals surface area contributed by atoms with Crippen molar-refractivity contribution in [2.45, 2.75) is 12.8 Å². The largest absolute Gasteiger partial charge is 0.497 e. The van der Waals surface area contributed by atoms with E-state index in [4.69, 9.17) is 4.74 Å². The van der Waals surface area contributed by atoms with Gasteiger partial charge in [-0.15, -0.1) is 0 Å². The van der Waals surface area contributed by atoms with Gasteiger partial charge in [-0.25, -0.2) is 0 Å². The van der Waals surface area contributed by atoms with E-state index in [-0.39, 0.29) is 17.2 Å². The molecule has 2 aromatic rings. The van der Waals surface area contributed by atoms with Gasteiger partial charge in [-0.1, -0.05) is 12.1 Å². The molecule has 1 amide bonds. The first kappa shape index (κ1) is 13.9. The Kier molecular flexibility index (Phi) is 4.55. The molecular formula is C15H16N2O3. The Bertz CT molecular complexity index is 632. The number of rotatable bonds is 5. The zero-order valence-electron chi connectivity index (χ0n) is 11.2. The van der Waals surface area contributed by atoms with Crippen LogP contribution in [0.4, 0.5) is 5.69 Å². The number of carbonyl (C=O) groups is 1. The van der Waals surface area contributed by atoms with E-state index >= 15 is 0 Å². The fraction of sp³-hybridized carbons (Fsp3) is 0.200. The zero-order valence-corrected chi connectivity index (χ0v) is 11.2. The minimum absolute atomic E-state index is 0.183. The van der Waals surface area contributed by atoms with Gasteiger partial charge in [-0.2, -0.15) is 0 Å². The second-order valence-corrected chi connectivity index (χ2v) is 4.31. The molecule has 5 heteroatoms. The lowest BCUT2D eigenvalue weighted by atomic mass is 10.1. The fourth-order valence-corrected chi connectivity index (χ4v) is 1.78. The normalized spacial score (nSPS) is 10.1. The van der Waals surface area contributed by atoms with Crippen LogP contribution in [0.15, 0.2) is 47.4 Å². The minimum Gasteiger partial charge on any atom is -0.497 e. The number of aromatic amines is 1. The number of carbonyl (C=O) groups excluding carboxylic acids is 1. The predicted octanol–water partition coefficient (Wildman–Crippen LogP) is 1.95. The average molecular weight is 272 g/mol. The highest BCUT2D eigenvalue weighted by Crippen LogP contribution is 2.12. The predicted molar refractivity (Wildman–Crippen MR) is 77.0 cm³/mol. The summed E-state index contributed by atoms with van der Waals surface area (Å²) < 4.78 is 5.07. The maximum absolute atomic E-state index is 11.8. The third kappa shape index (κ3) is 3.71. The van der Waals surface area contributed by atoms with Crippen molar-refractivity contribution in [2.24, 2.45) is 0 Å². The Hall–Kier alpha value is -2.56. The minimum atomic E-state index is -0.301. The Labute approximate surface area is 116 Å². The number of H-pyrrole nitrogens is 1. The molecule has 0 aliphatic heterocycles. The van der Waals surface area contributed by atoms with Gasteiger partial charge < -0.3 is 15.0 Å². The average Bonchev–Trinajstić information content (AvgIpc) is 2.48. The summed E-state index contributed by atoms with van der Waals surface area (Å²) in [5, 5.41) is 2.60. The molecule has 1 aromatic heterocycles. The molecule has 0 unspecified atom stereocenters. The summed E-state index contributed by atoms with van der Waals surface area (Å²) in [7, 11) is 1.61. The maximum atomic E-state index is 11.8. The van der Waals surface area contributed by atoms with Crippen LogP contribution in [0.25, 0.3) is 0 Å². The molecule has 0 atom stereocenters. The van der Waals surface area contributed by atoms with Crippen LogP contribution in [-0.2, 0) is 11.2 Å². The van der Waals surface area contributed by atoms with Gasteiger partial charge in [0.1, 0.15) is 11.4 Å². The van der Waals surface area contributed by atoms with E-state index in [1.54, 1.807) is 19.2 Å². The smallest absolute Gasteiger partial charge is 0.271 e. The van der Waals surface area contributed by atoms with Crippen molar-refractivity contribution < 1.29 is 9.53 Å². The molecule has 0 bridgehead atoms. The van der Waals surface area contributed by atoms with Gasteiger partial charge in [0, 0.05) is 12.6 Å². The van der Waals surface area contributed by atoms with Gasteiger partial charge in [0.15, 0.2) is 0 Å². The van der Waals surface area contributed by atoms with Crippen LogP contribution in [-0.4, -0.2) is 18.0 Å². The van der Waals surface area contributed by atoms with Gasteiger partial charge in [-0.05, 0) is 36.2 Å². The summed E-state index contributed by atoms with van der Waals surface area (Å²) >= 11 is 0. The summed E-state index contributed by atoms with van der Waals surface area (Å²) in [6, 6.07) is 10.8. The van der Waals surface area contributed by atoms with Crippen molar-refractivity contribution in [2.75, 3.05) is 12.4 Å². The molecule has 20 heavy (non-hydrogen) atoms. The molecule has 0 fully saturated rings. The molecule has 5 nitrogen and oxygen atoms in total. The molecule has 2 N–H and O–H groups in total. The first-order valence-electron chi connectivity index (χ1n) is 6.29. The van der Waals surface area contributed by atoms with E-state index in [9.17, 15) is 9.59 Å². The number of ether oxygens (including phenoxy) is 1. The molecule has 104 valence electrons. The molecule has 0 radical (unpaired) electrons. The Morgan fingerprint density at radius 2 is 2.00 bits per heavy atom. The molecule has 0 aliphatic carbocycles. The lowest BCUT2D eigenvalue weighted by Crippen LogP contribution is -2.19. The summed E-state index contributed by atoms with van der Waals surface area (Å²) in [5.41, 5.74) is 1.01. The number of nitrogens with one attached hydrogen (secondary N) is 2. The van der Waals surface area contributed by atoms with Gasteiger partial charge in [0.05, 0.1) is 7.11 Å². The Balaban J connectivity index is 1.89. The number of pyridine rings is 1. The molecule has 0 saturated heterocycles. The third-order valence-electron chi connectivity index (χ3n) is 2.89. The van der Waals surface area contributed by atoms with E-state index in [1.807, 2.05) is 24.3 Å². The van der Waals surface area contributed by atoms with Crippen molar-refractivity contribution in [1.29, 1.82) is 0 Å². The van der Waals surface area contributed by atoms with Gasteiger partial charge in [0.2, 0.25) is 5.91 Å². The second kappa shape index (κ2) is 6.56.